The Labute approximate surface area is 215 Å². The smallest absolute Gasteiger partial charge is 0.244 e. The van der Waals surface area contributed by atoms with Crippen LogP contribution in [0.4, 0.5) is 5.69 Å². The number of hydrogen-bond donors (Lipinski definition) is 1. The maximum atomic E-state index is 13.6. The molecular weight excluding hydrogens is 542 g/mol. The van der Waals surface area contributed by atoms with E-state index >= 15 is 0 Å². The number of carbonyl (C=O) groups is 2. The van der Waals surface area contributed by atoms with Crippen LogP contribution in [-0.2, 0) is 26.2 Å². The van der Waals surface area contributed by atoms with Crippen molar-refractivity contribution in [2.24, 2.45) is 0 Å². The third kappa shape index (κ3) is 7.71. The highest BCUT2D eigenvalue weighted by atomic mass is 79.9. The number of anilines is 1. The average molecular weight is 573 g/mol. The quantitative estimate of drug-likeness (QED) is 0.427. The van der Waals surface area contributed by atoms with Gasteiger partial charge in [-0.3, -0.25) is 13.9 Å². The van der Waals surface area contributed by atoms with Gasteiger partial charge < -0.3 is 10.2 Å². The van der Waals surface area contributed by atoms with Gasteiger partial charge in [0.05, 0.1) is 11.9 Å². The number of amides is 2. The Hall–Kier alpha value is -2.10. The lowest BCUT2D eigenvalue weighted by molar-refractivity contribution is -0.140. The monoisotopic (exact) mass is 571 g/mol. The number of hydrogen-bond acceptors (Lipinski definition) is 4. The summed E-state index contributed by atoms with van der Waals surface area (Å²) >= 11 is 9.68. The fraction of sp³-hybridized carbons (Fsp3) is 0.417. The molecule has 10 heteroatoms. The number of benzene rings is 2. The Bertz CT molecular complexity index is 1100. The van der Waals surface area contributed by atoms with Crippen molar-refractivity contribution in [2.75, 3.05) is 17.1 Å². The summed E-state index contributed by atoms with van der Waals surface area (Å²) in [6, 6.07) is 12.9. The first-order valence-electron chi connectivity index (χ1n) is 11.0. The average Bonchev–Trinajstić information content (AvgIpc) is 2.78. The van der Waals surface area contributed by atoms with Gasteiger partial charge in [0.25, 0.3) is 0 Å². The van der Waals surface area contributed by atoms with Crippen molar-refractivity contribution in [3.05, 3.63) is 63.6 Å². The van der Waals surface area contributed by atoms with Crippen LogP contribution >= 0.6 is 27.5 Å². The minimum atomic E-state index is -3.77. The largest absolute Gasteiger partial charge is 0.352 e. The van der Waals surface area contributed by atoms with Gasteiger partial charge in [-0.05, 0) is 55.7 Å². The summed E-state index contributed by atoms with van der Waals surface area (Å²) in [7, 11) is -3.77. The highest BCUT2D eigenvalue weighted by molar-refractivity contribution is 9.10. The van der Waals surface area contributed by atoms with E-state index in [1.165, 1.54) is 4.90 Å². The molecule has 2 aromatic rings. The van der Waals surface area contributed by atoms with Crippen molar-refractivity contribution >= 4 is 55.1 Å². The standard InChI is InChI=1S/C24H31BrClN3O4S/c1-5-17(3)27-24(31)22(6-2)28(15-18-9-7-8-10-21(18)26)23(30)16-29(34(4,32)33)20-13-11-19(25)12-14-20/h7-14,17,22H,5-6,15-16H2,1-4H3,(H,27,31)/t17-,22-/m1/s1. The van der Waals surface area contributed by atoms with Crippen LogP contribution in [0.1, 0.15) is 39.2 Å². The zero-order chi connectivity index (χ0) is 25.5. The lowest BCUT2D eigenvalue weighted by Crippen LogP contribution is -2.53. The fourth-order valence-electron chi connectivity index (χ4n) is 3.39. The van der Waals surface area contributed by atoms with E-state index in [2.05, 4.69) is 21.2 Å². The lowest BCUT2D eigenvalue weighted by Gasteiger charge is -2.33. The molecule has 2 amide bonds. The van der Waals surface area contributed by atoms with Crippen molar-refractivity contribution in [2.45, 2.75) is 52.2 Å². The van der Waals surface area contributed by atoms with Gasteiger partial charge in [0.2, 0.25) is 21.8 Å². The normalized spacial score (nSPS) is 13.1. The van der Waals surface area contributed by atoms with Gasteiger partial charge in [0.15, 0.2) is 0 Å². The van der Waals surface area contributed by atoms with E-state index in [1.807, 2.05) is 20.8 Å². The van der Waals surface area contributed by atoms with Gasteiger partial charge in [0, 0.05) is 22.1 Å². The summed E-state index contributed by atoms with van der Waals surface area (Å²) in [5.41, 5.74) is 1.02. The summed E-state index contributed by atoms with van der Waals surface area (Å²) in [5.74, 6) is -0.786. The van der Waals surface area contributed by atoms with Crippen LogP contribution in [-0.4, -0.2) is 50.0 Å². The molecule has 0 saturated heterocycles. The zero-order valence-corrected chi connectivity index (χ0v) is 23.0. The molecule has 186 valence electrons. The molecule has 7 nitrogen and oxygen atoms in total. The van der Waals surface area contributed by atoms with Crippen LogP contribution < -0.4 is 9.62 Å². The first-order chi connectivity index (χ1) is 16.0. The summed E-state index contributed by atoms with van der Waals surface area (Å²) in [4.78, 5) is 28.1. The Balaban J connectivity index is 2.44. The first-order valence-corrected chi connectivity index (χ1v) is 14.1. The van der Waals surface area contributed by atoms with E-state index in [-0.39, 0.29) is 18.5 Å². The molecule has 34 heavy (non-hydrogen) atoms. The van der Waals surface area contributed by atoms with Crippen molar-refractivity contribution in [3.8, 4) is 0 Å². The SMILES string of the molecule is CC[C@@H](C)NC(=O)[C@@H](CC)N(Cc1ccccc1Cl)C(=O)CN(c1ccc(Br)cc1)S(C)(=O)=O. The van der Waals surface area contributed by atoms with Crippen LogP contribution in [0.15, 0.2) is 53.0 Å². The molecule has 2 aromatic carbocycles. The topological polar surface area (TPSA) is 86.8 Å². The predicted molar refractivity (Wildman–Crippen MR) is 140 cm³/mol. The molecule has 0 spiro atoms. The van der Waals surface area contributed by atoms with E-state index < -0.39 is 28.5 Å². The van der Waals surface area contributed by atoms with Crippen LogP contribution in [0.2, 0.25) is 5.02 Å². The van der Waals surface area contributed by atoms with Crippen molar-refractivity contribution in [3.63, 3.8) is 0 Å². The van der Waals surface area contributed by atoms with Crippen LogP contribution in [0.5, 0.6) is 0 Å². The van der Waals surface area contributed by atoms with Gasteiger partial charge in [-0.1, -0.05) is 59.6 Å². The van der Waals surface area contributed by atoms with E-state index in [1.54, 1.807) is 48.5 Å². The van der Waals surface area contributed by atoms with Gasteiger partial charge >= 0.3 is 0 Å². The highest BCUT2D eigenvalue weighted by Crippen LogP contribution is 2.23. The number of halogens is 2. The molecule has 2 atom stereocenters. The molecule has 0 saturated carbocycles. The molecule has 0 aliphatic rings. The fourth-order valence-corrected chi connectivity index (χ4v) is 4.70. The molecule has 0 aliphatic carbocycles. The minimum absolute atomic E-state index is 0.0610. The second-order valence-electron chi connectivity index (χ2n) is 8.10. The third-order valence-corrected chi connectivity index (χ3v) is 7.52. The summed E-state index contributed by atoms with van der Waals surface area (Å²) in [6.45, 7) is 5.29. The Morgan fingerprint density at radius 3 is 2.21 bits per heavy atom. The molecule has 0 aromatic heterocycles. The number of carbonyl (C=O) groups excluding carboxylic acids is 2. The number of nitrogens with zero attached hydrogens (tertiary/aromatic N) is 2. The highest BCUT2D eigenvalue weighted by Gasteiger charge is 2.32. The molecule has 0 heterocycles. The summed E-state index contributed by atoms with van der Waals surface area (Å²) < 4.78 is 27.0. The molecule has 0 radical (unpaired) electrons. The van der Waals surface area contributed by atoms with Gasteiger partial charge in [-0.15, -0.1) is 0 Å². The van der Waals surface area contributed by atoms with Gasteiger partial charge in [-0.25, -0.2) is 8.42 Å². The van der Waals surface area contributed by atoms with Crippen LogP contribution in [0.25, 0.3) is 0 Å². The molecular formula is C24H31BrClN3O4S. The van der Waals surface area contributed by atoms with E-state index in [4.69, 9.17) is 11.6 Å². The molecule has 0 bridgehead atoms. The molecule has 0 fully saturated rings. The first kappa shape index (κ1) is 28.1. The second kappa shape index (κ2) is 12.6. The number of nitrogens with one attached hydrogen (secondary N) is 1. The van der Waals surface area contributed by atoms with Gasteiger partial charge in [0.1, 0.15) is 12.6 Å². The Kier molecular flexibility index (Phi) is 10.4. The lowest BCUT2D eigenvalue weighted by atomic mass is 10.1. The zero-order valence-electron chi connectivity index (χ0n) is 19.8. The summed E-state index contributed by atoms with van der Waals surface area (Å²) in [5, 5.41) is 3.40. The number of rotatable bonds is 11. The Morgan fingerprint density at radius 2 is 1.68 bits per heavy atom. The summed E-state index contributed by atoms with van der Waals surface area (Å²) in [6.07, 6.45) is 2.15. The van der Waals surface area contributed by atoms with Crippen molar-refractivity contribution in [1.29, 1.82) is 0 Å². The maximum absolute atomic E-state index is 13.6. The molecule has 0 unspecified atom stereocenters. The molecule has 1 N–H and O–H groups in total. The molecule has 0 aliphatic heterocycles. The Morgan fingerprint density at radius 1 is 1.06 bits per heavy atom. The maximum Gasteiger partial charge on any atom is 0.244 e. The van der Waals surface area contributed by atoms with E-state index in [0.29, 0.717) is 22.7 Å². The van der Waals surface area contributed by atoms with Crippen molar-refractivity contribution < 1.29 is 18.0 Å². The molecule has 2 rings (SSSR count). The second-order valence-corrected chi connectivity index (χ2v) is 11.3. The number of sulfonamides is 1. The third-order valence-electron chi connectivity index (χ3n) is 5.48. The van der Waals surface area contributed by atoms with Crippen LogP contribution in [0, 0.1) is 0 Å². The van der Waals surface area contributed by atoms with Gasteiger partial charge in [-0.2, -0.15) is 0 Å². The van der Waals surface area contributed by atoms with Crippen molar-refractivity contribution in [1.82, 2.24) is 10.2 Å². The van der Waals surface area contributed by atoms with Crippen LogP contribution in [0.3, 0.4) is 0 Å². The van der Waals surface area contributed by atoms with E-state index in [9.17, 15) is 18.0 Å². The van der Waals surface area contributed by atoms with E-state index in [0.717, 1.165) is 21.5 Å². The minimum Gasteiger partial charge on any atom is -0.352 e. The predicted octanol–water partition coefficient (Wildman–Crippen LogP) is 4.59.